The van der Waals surface area contributed by atoms with Crippen molar-refractivity contribution < 1.29 is 8.94 Å². The maximum atomic E-state index is 5.24. The molecule has 0 aliphatic rings. The van der Waals surface area contributed by atoms with E-state index in [1.54, 1.807) is 29.9 Å². The molecular formula is C14H15N3O2S. The molecule has 6 heteroatoms. The Hall–Kier alpha value is -1.92. The zero-order valence-corrected chi connectivity index (χ0v) is 12.1. The molecule has 0 bridgehead atoms. The van der Waals surface area contributed by atoms with Crippen molar-refractivity contribution in [1.29, 1.82) is 0 Å². The van der Waals surface area contributed by atoms with Crippen LogP contribution in [-0.4, -0.2) is 22.1 Å². The van der Waals surface area contributed by atoms with E-state index in [4.69, 9.17) is 8.94 Å². The van der Waals surface area contributed by atoms with Gasteiger partial charge < -0.3 is 8.94 Å². The van der Waals surface area contributed by atoms with Crippen molar-refractivity contribution in [3.63, 3.8) is 0 Å². The van der Waals surface area contributed by atoms with Crippen molar-refractivity contribution in [2.45, 2.75) is 19.5 Å². The number of furan rings is 1. The van der Waals surface area contributed by atoms with Crippen molar-refractivity contribution in [3.05, 3.63) is 46.8 Å². The van der Waals surface area contributed by atoms with E-state index in [1.165, 1.54) is 4.88 Å². The van der Waals surface area contributed by atoms with Crippen molar-refractivity contribution in [3.8, 4) is 11.5 Å². The summed E-state index contributed by atoms with van der Waals surface area (Å²) in [4.78, 5) is 7.90. The predicted octanol–water partition coefficient (Wildman–Crippen LogP) is 3.58. The van der Waals surface area contributed by atoms with Crippen molar-refractivity contribution in [2.24, 2.45) is 0 Å². The van der Waals surface area contributed by atoms with Gasteiger partial charge in [0.1, 0.15) is 6.26 Å². The number of nitrogens with zero attached hydrogens (tertiary/aromatic N) is 3. The minimum Gasteiger partial charge on any atom is -0.472 e. The summed E-state index contributed by atoms with van der Waals surface area (Å²) in [5.74, 6) is 1.16. The lowest BCUT2D eigenvalue weighted by Gasteiger charge is -2.21. The van der Waals surface area contributed by atoms with Gasteiger partial charge in [0.2, 0.25) is 0 Å². The van der Waals surface area contributed by atoms with E-state index < -0.39 is 0 Å². The zero-order chi connectivity index (χ0) is 13.9. The SMILES string of the molecule is C[C@@H](c1cccs1)N(C)Cc1noc(-c2ccoc2)n1. The van der Waals surface area contributed by atoms with Crippen LogP contribution in [0.15, 0.2) is 45.0 Å². The van der Waals surface area contributed by atoms with E-state index in [1.807, 2.05) is 0 Å². The molecule has 0 aliphatic heterocycles. The van der Waals surface area contributed by atoms with Crippen molar-refractivity contribution in [2.75, 3.05) is 7.05 Å². The van der Waals surface area contributed by atoms with Crippen LogP contribution in [0.25, 0.3) is 11.5 Å². The normalized spacial score (nSPS) is 12.9. The third-order valence-corrected chi connectivity index (χ3v) is 4.29. The van der Waals surface area contributed by atoms with Crippen molar-refractivity contribution in [1.82, 2.24) is 15.0 Å². The van der Waals surface area contributed by atoms with Gasteiger partial charge in [0.05, 0.1) is 18.4 Å². The lowest BCUT2D eigenvalue weighted by molar-refractivity contribution is 0.246. The topological polar surface area (TPSA) is 55.3 Å². The first-order chi connectivity index (χ1) is 9.74. The highest BCUT2D eigenvalue weighted by Gasteiger charge is 2.16. The largest absolute Gasteiger partial charge is 0.472 e. The zero-order valence-electron chi connectivity index (χ0n) is 11.3. The second kappa shape index (κ2) is 5.60. The van der Waals surface area contributed by atoms with Crippen LogP contribution >= 0.6 is 11.3 Å². The Kier molecular flexibility index (Phi) is 3.66. The van der Waals surface area contributed by atoms with Crippen molar-refractivity contribution >= 4 is 11.3 Å². The molecule has 3 heterocycles. The van der Waals surface area contributed by atoms with Crippen LogP contribution in [0.4, 0.5) is 0 Å². The van der Waals surface area contributed by atoms with Gasteiger partial charge in [0, 0.05) is 10.9 Å². The van der Waals surface area contributed by atoms with Crippen LogP contribution in [0.3, 0.4) is 0 Å². The highest BCUT2D eigenvalue weighted by Crippen LogP contribution is 2.25. The smallest absolute Gasteiger partial charge is 0.261 e. The number of hydrogen-bond acceptors (Lipinski definition) is 6. The molecule has 0 radical (unpaired) electrons. The van der Waals surface area contributed by atoms with Gasteiger partial charge in [-0.2, -0.15) is 4.98 Å². The van der Waals surface area contributed by atoms with Gasteiger partial charge in [-0.3, -0.25) is 4.90 Å². The minimum absolute atomic E-state index is 0.325. The average molecular weight is 289 g/mol. The quantitative estimate of drug-likeness (QED) is 0.718. The molecule has 0 saturated carbocycles. The minimum atomic E-state index is 0.325. The molecule has 104 valence electrons. The first-order valence-corrected chi connectivity index (χ1v) is 7.21. The molecule has 5 nitrogen and oxygen atoms in total. The summed E-state index contributed by atoms with van der Waals surface area (Å²) in [6, 6.07) is 6.33. The standard InChI is InChI=1S/C14H15N3O2S/c1-10(12-4-3-7-20-12)17(2)8-13-15-14(19-16-13)11-5-6-18-9-11/h3-7,9-10H,8H2,1-2H3/t10-/m0/s1. The van der Waals surface area contributed by atoms with Crippen LogP contribution in [0.1, 0.15) is 23.7 Å². The summed E-state index contributed by atoms with van der Waals surface area (Å²) < 4.78 is 10.2. The summed E-state index contributed by atoms with van der Waals surface area (Å²) in [5.41, 5.74) is 0.803. The molecule has 3 rings (SSSR count). The monoisotopic (exact) mass is 289 g/mol. The molecule has 0 spiro atoms. The van der Waals surface area contributed by atoms with Gasteiger partial charge >= 0.3 is 0 Å². The van der Waals surface area contributed by atoms with Crippen LogP contribution in [0.2, 0.25) is 0 Å². The van der Waals surface area contributed by atoms with E-state index in [0.717, 1.165) is 5.56 Å². The maximum Gasteiger partial charge on any atom is 0.261 e. The van der Waals surface area contributed by atoms with E-state index in [9.17, 15) is 0 Å². The molecule has 0 aliphatic carbocycles. The Morgan fingerprint density at radius 3 is 3.00 bits per heavy atom. The summed E-state index contributed by atoms with van der Waals surface area (Å²) in [5, 5.41) is 6.10. The van der Waals surface area contributed by atoms with Gasteiger partial charge in [-0.1, -0.05) is 11.2 Å². The second-order valence-corrected chi connectivity index (χ2v) is 5.61. The molecule has 0 unspecified atom stereocenters. The molecular weight excluding hydrogens is 274 g/mol. The van der Waals surface area contributed by atoms with E-state index >= 15 is 0 Å². The van der Waals surface area contributed by atoms with Gasteiger partial charge in [0.25, 0.3) is 5.89 Å². The van der Waals surface area contributed by atoms with Gasteiger partial charge in [-0.05, 0) is 31.5 Å². The molecule has 0 N–H and O–H groups in total. The van der Waals surface area contributed by atoms with Gasteiger partial charge in [-0.25, -0.2) is 0 Å². The third-order valence-electron chi connectivity index (χ3n) is 3.24. The fourth-order valence-electron chi connectivity index (χ4n) is 1.93. The number of rotatable bonds is 5. The molecule has 0 amide bonds. The van der Waals surface area contributed by atoms with E-state index in [2.05, 4.69) is 46.5 Å². The Morgan fingerprint density at radius 1 is 1.40 bits per heavy atom. The van der Waals surface area contributed by atoms with E-state index in [-0.39, 0.29) is 0 Å². The lowest BCUT2D eigenvalue weighted by atomic mass is 10.2. The predicted molar refractivity (Wildman–Crippen MR) is 76.2 cm³/mol. The van der Waals surface area contributed by atoms with Crippen LogP contribution in [0.5, 0.6) is 0 Å². The average Bonchev–Trinajstić information content (AvgIpc) is 3.19. The summed E-state index contributed by atoms with van der Waals surface area (Å²) in [6.07, 6.45) is 3.18. The number of aromatic nitrogens is 2. The lowest BCUT2D eigenvalue weighted by Crippen LogP contribution is -2.21. The highest BCUT2D eigenvalue weighted by molar-refractivity contribution is 7.10. The molecule has 20 heavy (non-hydrogen) atoms. The Balaban J connectivity index is 1.69. The van der Waals surface area contributed by atoms with Gasteiger partial charge in [0.15, 0.2) is 5.82 Å². The van der Waals surface area contributed by atoms with Crippen LogP contribution in [-0.2, 0) is 6.54 Å². The van der Waals surface area contributed by atoms with Gasteiger partial charge in [-0.15, -0.1) is 11.3 Å². The van der Waals surface area contributed by atoms with E-state index in [0.29, 0.717) is 24.3 Å². The third kappa shape index (κ3) is 2.66. The molecule has 3 aromatic rings. The first kappa shape index (κ1) is 13.1. The van der Waals surface area contributed by atoms with Crippen LogP contribution in [0, 0.1) is 0 Å². The first-order valence-electron chi connectivity index (χ1n) is 6.33. The number of thiophene rings is 1. The summed E-state index contributed by atoms with van der Waals surface area (Å²) in [6.45, 7) is 2.81. The Labute approximate surface area is 120 Å². The Morgan fingerprint density at radius 2 is 2.30 bits per heavy atom. The highest BCUT2D eigenvalue weighted by atomic mass is 32.1. The molecule has 3 aromatic heterocycles. The fourth-order valence-corrected chi connectivity index (χ4v) is 2.78. The second-order valence-electron chi connectivity index (χ2n) is 4.63. The fraction of sp³-hybridized carbons (Fsp3) is 0.286. The molecule has 0 aromatic carbocycles. The molecule has 0 fully saturated rings. The maximum absolute atomic E-state index is 5.24. The van der Waals surface area contributed by atoms with Crippen LogP contribution < -0.4 is 0 Å². The summed E-state index contributed by atoms with van der Waals surface area (Å²) in [7, 11) is 2.05. The number of hydrogen-bond donors (Lipinski definition) is 0. The summed E-state index contributed by atoms with van der Waals surface area (Å²) >= 11 is 1.75. The molecule has 0 saturated heterocycles. The molecule has 1 atom stereocenters. The Bertz CT molecular complexity index is 646.